The molecule has 0 bridgehead atoms. The molecule has 0 aliphatic rings. The van der Waals surface area contributed by atoms with E-state index in [0.717, 1.165) is 4.88 Å². The fourth-order valence-electron chi connectivity index (χ4n) is 1.19. The lowest BCUT2D eigenvalue weighted by Crippen LogP contribution is -2.09. The number of rotatable bonds is 4. The van der Waals surface area contributed by atoms with Crippen LogP contribution in [0.4, 0.5) is 0 Å². The van der Waals surface area contributed by atoms with Gasteiger partial charge in [0.2, 0.25) is 5.88 Å². The van der Waals surface area contributed by atoms with E-state index in [0.29, 0.717) is 18.2 Å². The molecule has 0 fully saturated rings. The number of nitrogens with zero attached hydrogens (tertiary/aromatic N) is 3. The van der Waals surface area contributed by atoms with Crippen molar-refractivity contribution in [2.75, 3.05) is 6.61 Å². The lowest BCUT2D eigenvalue weighted by molar-refractivity contribution is 0.1000. The van der Waals surface area contributed by atoms with Crippen LogP contribution in [-0.2, 0) is 0 Å². The van der Waals surface area contributed by atoms with Crippen LogP contribution < -0.4 is 10.5 Å². The van der Waals surface area contributed by atoms with Crippen LogP contribution >= 0.6 is 11.3 Å². The van der Waals surface area contributed by atoms with Crippen molar-refractivity contribution in [2.24, 2.45) is 5.73 Å². The van der Waals surface area contributed by atoms with Crippen molar-refractivity contribution in [3.63, 3.8) is 0 Å². The van der Waals surface area contributed by atoms with Gasteiger partial charge in [-0.3, -0.25) is 9.78 Å². The monoisotopic (exact) mass is 250 g/mol. The van der Waals surface area contributed by atoms with Crippen molar-refractivity contribution in [1.82, 2.24) is 15.0 Å². The van der Waals surface area contributed by atoms with Crippen molar-refractivity contribution in [3.8, 4) is 16.5 Å². The first-order valence-corrected chi connectivity index (χ1v) is 5.73. The predicted molar refractivity (Wildman–Crippen MR) is 62.8 cm³/mol. The van der Waals surface area contributed by atoms with Gasteiger partial charge in [0.15, 0.2) is 5.01 Å². The molecule has 1 amide bonds. The third kappa shape index (κ3) is 2.56. The lowest BCUT2D eigenvalue weighted by Gasteiger charge is -2.01. The van der Waals surface area contributed by atoms with Crippen LogP contribution in [0.5, 0.6) is 5.88 Å². The highest BCUT2D eigenvalue weighted by molar-refractivity contribution is 7.16. The molecular formula is C10H10N4O2S. The van der Waals surface area contributed by atoms with Crippen LogP contribution in [0.25, 0.3) is 10.6 Å². The van der Waals surface area contributed by atoms with Gasteiger partial charge in [-0.15, -0.1) is 11.3 Å². The number of nitrogens with two attached hydrogens (primary N) is 1. The number of carbonyl (C=O) groups excluding carboxylic acids is 1. The second kappa shape index (κ2) is 4.88. The average Bonchev–Trinajstić information content (AvgIpc) is 2.79. The van der Waals surface area contributed by atoms with E-state index >= 15 is 0 Å². The molecule has 0 aliphatic carbocycles. The minimum absolute atomic E-state index is 0.253. The Hall–Kier alpha value is -2.02. The van der Waals surface area contributed by atoms with Crippen molar-refractivity contribution in [3.05, 3.63) is 23.6 Å². The molecule has 0 unspecified atom stereocenters. The smallest absolute Gasteiger partial charge is 0.277 e. The van der Waals surface area contributed by atoms with Crippen LogP contribution in [0.15, 0.2) is 18.6 Å². The molecule has 0 spiro atoms. The molecule has 2 N–H and O–H groups in total. The minimum atomic E-state index is -0.546. The largest absolute Gasteiger partial charge is 0.477 e. The van der Waals surface area contributed by atoms with E-state index in [2.05, 4.69) is 15.0 Å². The Morgan fingerprint density at radius 2 is 2.29 bits per heavy atom. The number of amides is 1. The highest BCUT2D eigenvalue weighted by Gasteiger charge is 2.10. The zero-order chi connectivity index (χ0) is 12.3. The van der Waals surface area contributed by atoms with Crippen LogP contribution in [0, 0.1) is 0 Å². The summed E-state index contributed by atoms with van der Waals surface area (Å²) in [7, 11) is 0. The molecule has 7 heteroatoms. The van der Waals surface area contributed by atoms with E-state index in [1.807, 2.05) is 6.92 Å². The summed E-state index contributed by atoms with van der Waals surface area (Å²) in [4.78, 5) is 23.8. The number of primary amides is 1. The normalized spacial score (nSPS) is 10.2. The van der Waals surface area contributed by atoms with Gasteiger partial charge in [-0.25, -0.2) is 9.97 Å². The first kappa shape index (κ1) is 11.5. The van der Waals surface area contributed by atoms with Gasteiger partial charge in [-0.1, -0.05) is 0 Å². The number of carbonyl (C=O) groups is 1. The van der Waals surface area contributed by atoms with Crippen LogP contribution in [0.1, 0.15) is 16.7 Å². The Bertz CT molecular complexity index is 541. The van der Waals surface area contributed by atoms with Crippen molar-refractivity contribution in [1.29, 1.82) is 0 Å². The second-order valence-electron chi connectivity index (χ2n) is 3.07. The van der Waals surface area contributed by atoms with Gasteiger partial charge < -0.3 is 10.5 Å². The van der Waals surface area contributed by atoms with E-state index in [1.165, 1.54) is 17.5 Å². The Balaban J connectivity index is 2.31. The molecule has 2 rings (SSSR count). The molecule has 6 nitrogen and oxygen atoms in total. The Morgan fingerprint density at radius 1 is 1.47 bits per heavy atom. The molecule has 2 heterocycles. The van der Waals surface area contributed by atoms with Gasteiger partial charge in [0.1, 0.15) is 5.69 Å². The van der Waals surface area contributed by atoms with E-state index in [9.17, 15) is 4.79 Å². The predicted octanol–water partition coefficient (Wildman–Crippen LogP) is 1.10. The van der Waals surface area contributed by atoms with E-state index in [-0.39, 0.29) is 5.01 Å². The SMILES string of the molecule is CCOc1cncc(-c2cnc(C(N)=O)s2)n1. The molecule has 2 aromatic heterocycles. The number of hydrogen-bond donors (Lipinski definition) is 1. The first-order valence-electron chi connectivity index (χ1n) is 4.91. The van der Waals surface area contributed by atoms with Gasteiger partial charge in [-0.05, 0) is 6.92 Å². The van der Waals surface area contributed by atoms with Gasteiger partial charge in [0.05, 0.1) is 23.9 Å². The summed E-state index contributed by atoms with van der Waals surface area (Å²) in [6.45, 7) is 2.39. The van der Waals surface area contributed by atoms with Crippen LogP contribution in [0.3, 0.4) is 0 Å². The zero-order valence-corrected chi connectivity index (χ0v) is 9.90. The molecule has 88 valence electrons. The third-order valence-electron chi connectivity index (χ3n) is 1.87. The van der Waals surface area contributed by atoms with Crippen molar-refractivity contribution >= 4 is 17.2 Å². The second-order valence-corrected chi connectivity index (χ2v) is 4.10. The van der Waals surface area contributed by atoms with Crippen molar-refractivity contribution < 1.29 is 9.53 Å². The summed E-state index contributed by atoms with van der Waals surface area (Å²) < 4.78 is 5.24. The summed E-state index contributed by atoms with van der Waals surface area (Å²) >= 11 is 1.18. The van der Waals surface area contributed by atoms with Gasteiger partial charge in [0, 0.05) is 6.20 Å². The maximum atomic E-state index is 10.9. The average molecular weight is 250 g/mol. The van der Waals surface area contributed by atoms with Crippen LogP contribution in [-0.4, -0.2) is 27.5 Å². The number of thiazole rings is 1. The topological polar surface area (TPSA) is 91.0 Å². The number of ether oxygens (including phenoxy) is 1. The summed E-state index contributed by atoms with van der Waals surface area (Å²) in [5.41, 5.74) is 5.74. The third-order valence-corrected chi connectivity index (χ3v) is 2.91. The van der Waals surface area contributed by atoms with Gasteiger partial charge in [-0.2, -0.15) is 0 Å². The Labute approximate surface area is 101 Å². The molecule has 17 heavy (non-hydrogen) atoms. The zero-order valence-electron chi connectivity index (χ0n) is 9.08. The molecule has 0 radical (unpaired) electrons. The lowest BCUT2D eigenvalue weighted by atomic mass is 10.4. The maximum Gasteiger partial charge on any atom is 0.277 e. The molecule has 2 aromatic rings. The van der Waals surface area contributed by atoms with Gasteiger partial charge >= 0.3 is 0 Å². The standard InChI is InChI=1S/C10H10N4O2S/c1-2-16-8-5-12-3-6(14-8)7-4-13-10(17-7)9(11)15/h3-5H,2H2,1H3,(H2,11,15). The summed E-state index contributed by atoms with van der Waals surface area (Å²) in [6, 6.07) is 0. The minimum Gasteiger partial charge on any atom is -0.477 e. The summed E-state index contributed by atoms with van der Waals surface area (Å²) in [5, 5.41) is 0.253. The fourth-order valence-corrected chi connectivity index (χ4v) is 1.91. The highest BCUT2D eigenvalue weighted by atomic mass is 32.1. The first-order chi connectivity index (χ1) is 8.20. The molecule has 0 aromatic carbocycles. The summed E-state index contributed by atoms with van der Waals surface area (Å²) in [5.74, 6) is -0.103. The van der Waals surface area contributed by atoms with E-state index < -0.39 is 5.91 Å². The van der Waals surface area contributed by atoms with E-state index in [1.54, 1.807) is 12.4 Å². The Kier molecular flexibility index (Phi) is 3.29. The molecule has 0 saturated heterocycles. The Morgan fingerprint density at radius 3 is 2.94 bits per heavy atom. The number of aromatic nitrogens is 3. The number of hydrogen-bond acceptors (Lipinski definition) is 6. The van der Waals surface area contributed by atoms with Crippen molar-refractivity contribution in [2.45, 2.75) is 6.92 Å². The molecular weight excluding hydrogens is 240 g/mol. The van der Waals surface area contributed by atoms with Gasteiger partial charge in [0.25, 0.3) is 5.91 Å². The molecule has 0 atom stereocenters. The van der Waals surface area contributed by atoms with E-state index in [4.69, 9.17) is 10.5 Å². The maximum absolute atomic E-state index is 10.9. The summed E-state index contributed by atoms with van der Waals surface area (Å²) in [6.07, 6.45) is 4.66. The molecule has 0 aliphatic heterocycles. The highest BCUT2D eigenvalue weighted by Crippen LogP contribution is 2.24. The van der Waals surface area contributed by atoms with Crippen LogP contribution in [0.2, 0.25) is 0 Å². The molecule has 0 saturated carbocycles. The quantitative estimate of drug-likeness (QED) is 0.877. The fraction of sp³-hybridized carbons (Fsp3) is 0.200.